The maximum absolute atomic E-state index is 6.20. The first-order chi connectivity index (χ1) is 16.2. The van der Waals surface area contributed by atoms with Crippen LogP contribution in [-0.4, -0.2) is 24.3 Å². The molecule has 0 bridgehead atoms. The first-order valence-electron chi connectivity index (χ1n) is 11.1. The van der Waals surface area contributed by atoms with Gasteiger partial charge in [-0.2, -0.15) is 0 Å². The number of aromatic nitrogens is 5. The van der Waals surface area contributed by atoms with Crippen molar-refractivity contribution in [3.05, 3.63) is 108 Å². The van der Waals surface area contributed by atoms with Gasteiger partial charge in [-0.1, -0.05) is 49.4 Å². The summed E-state index contributed by atoms with van der Waals surface area (Å²) in [6.45, 7) is 4.56. The van der Waals surface area contributed by atoms with Crippen molar-refractivity contribution >= 4 is 0 Å². The van der Waals surface area contributed by atoms with Crippen LogP contribution in [0, 0.1) is 6.92 Å². The fourth-order valence-corrected chi connectivity index (χ4v) is 3.94. The number of rotatable bonds is 7. The number of nitrogens with zero attached hydrogens (tertiary/aromatic N) is 5. The van der Waals surface area contributed by atoms with Gasteiger partial charge in [0.25, 0.3) is 0 Å². The van der Waals surface area contributed by atoms with Crippen molar-refractivity contribution in [2.45, 2.75) is 26.9 Å². The first kappa shape index (κ1) is 20.7. The summed E-state index contributed by atoms with van der Waals surface area (Å²) in [6, 6.07) is 26.5. The summed E-state index contributed by atoms with van der Waals surface area (Å²) in [4.78, 5) is 4.42. The van der Waals surface area contributed by atoms with Crippen molar-refractivity contribution in [3.63, 3.8) is 0 Å². The van der Waals surface area contributed by atoms with E-state index < -0.39 is 0 Å². The third-order valence-electron chi connectivity index (χ3n) is 5.61. The summed E-state index contributed by atoms with van der Waals surface area (Å²) in [5, 5.41) is 8.86. The van der Waals surface area contributed by atoms with E-state index in [1.54, 1.807) is 0 Å². The van der Waals surface area contributed by atoms with Gasteiger partial charge in [0.15, 0.2) is 5.82 Å². The fraction of sp³-hybridized carbons (Fsp3) is 0.148. The summed E-state index contributed by atoms with van der Waals surface area (Å²) in [7, 11) is 0. The van der Waals surface area contributed by atoms with E-state index in [-0.39, 0.29) is 0 Å². The Kier molecular flexibility index (Phi) is 5.72. The smallest absolute Gasteiger partial charge is 0.168 e. The average Bonchev–Trinajstić information content (AvgIpc) is 3.50. The predicted octanol–water partition coefficient (Wildman–Crippen LogP) is 5.57. The normalized spacial score (nSPS) is 11.0. The zero-order chi connectivity index (χ0) is 22.6. The van der Waals surface area contributed by atoms with Crippen molar-refractivity contribution in [2.75, 3.05) is 0 Å². The molecule has 3 aromatic carbocycles. The van der Waals surface area contributed by atoms with Gasteiger partial charge in [-0.3, -0.25) is 4.57 Å². The number of aryl methyl sites for hydroxylation is 2. The lowest BCUT2D eigenvalue weighted by Gasteiger charge is -2.15. The number of hydrogen-bond acceptors (Lipinski definition) is 4. The van der Waals surface area contributed by atoms with E-state index in [9.17, 15) is 0 Å². The van der Waals surface area contributed by atoms with Crippen LogP contribution < -0.4 is 4.74 Å². The van der Waals surface area contributed by atoms with Crippen molar-refractivity contribution in [2.24, 2.45) is 0 Å². The Labute approximate surface area is 193 Å². The number of para-hydroxylation sites is 2. The molecule has 164 valence electrons. The van der Waals surface area contributed by atoms with Crippen molar-refractivity contribution < 1.29 is 4.74 Å². The second kappa shape index (κ2) is 9.12. The van der Waals surface area contributed by atoms with Gasteiger partial charge in [0.05, 0.1) is 5.69 Å². The zero-order valence-corrected chi connectivity index (χ0v) is 18.7. The first-order valence-corrected chi connectivity index (χ1v) is 11.1. The molecule has 2 heterocycles. The van der Waals surface area contributed by atoms with Crippen LogP contribution in [0.1, 0.15) is 24.1 Å². The molecule has 0 N–H and O–H groups in total. The molecular weight excluding hydrogens is 410 g/mol. The number of imidazole rings is 1. The lowest BCUT2D eigenvalue weighted by atomic mass is 10.1. The van der Waals surface area contributed by atoms with Crippen LogP contribution in [0.3, 0.4) is 0 Å². The topological polar surface area (TPSA) is 57.8 Å². The average molecular weight is 436 g/mol. The van der Waals surface area contributed by atoms with Crippen LogP contribution in [0.2, 0.25) is 0 Å². The second-order valence-corrected chi connectivity index (χ2v) is 7.76. The molecule has 5 aromatic rings. The minimum Gasteiger partial charge on any atom is -0.487 e. The third kappa shape index (κ3) is 4.15. The molecular formula is C27H25N5O. The van der Waals surface area contributed by atoms with E-state index in [1.165, 1.54) is 0 Å². The van der Waals surface area contributed by atoms with Gasteiger partial charge >= 0.3 is 0 Å². The minimum absolute atomic E-state index is 0.494. The zero-order valence-electron chi connectivity index (χ0n) is 18.7. The van der Waals surface area contributed by atoms with E-state index >= 15 is 0 Å². The molecule has 0 saturated heterocycles. The highest BCUT2D eigenvalue weighted by Gasteiger charge is 2.17. The van der Waals surface area contributed by atoms with Crippen LogP contribution in [0.25, 0.3) is 22.8 Å². The Balaban J connectivity index is 1.48. The van der Waals surface area contributed by atoms with Gasteiger partial charge in [0.2, 0.25) is 0 Å². The van der Waals surface area contributed by atoms with Crippen molar-refractivity contribution in [1.82, 2.24) is 24.3 Å². The molecule has 33 heavy (non-hydrogen) atoms. The molecule has 0 aliphatic rings. The van der Waals surface area contributed by atoms with Gasteiger partial charge in [-0.05, 0) is 48.9 Å². The van der Waals surface area contributed by atoms with Crippen molar-refractivity contribution in [1.29, 1.82) is 0 Å². The Hall–Kier alpha value is -4.19. The van der Waals surface area contributed by atoms with E-state index in [0.29, 0.717) is 6.61 Å². The maximum atomic E-state index is 6.20. The minimum atomic E-state index is 0.494. The van der Waals surface area contributed by atoms with Gasteiger partial charge < -0.3 is 9.30 Å². The molecule has 0 radical (unpaired) electrons. The molecule has 0 saturated carbocycles. The number of benzene rings is 3. The van der Waals surface area contributed by atoms with E-state index in [4.69, 9.17) is 4.74 Å². The summed E-state index contributed by atoms with van der Waals surface area (Å²) in [6.07, 6.45) is 4.70. The van der Waals surface area contributed by atoms with Crippen LogP contribution in [0.4, 0.5) is 0 Å². The van der Waals surface area contributed by atoms with Gasteiger partial charge in [0.1, 0.15) is 24.0 Å². The fourth-order valence-electron chi connectivity index (χ4n) is 3.94. The molecule has 0 unspecified atom stereocenters. The summed E-state index contributed by atoms with van der Waals surface area (Å²) < 4.78 is 10.3. The molecule has 2 aromatic heterocycles. The summed E-state index contributed by atoms with van der Waals surface area (Å²) in [5.74, 6) is 3.39. The van der Waals surface area contributed by atoms with Crippen LogP contribution in [0.15, 0.2) is 91.3 Å². The number of hydrogen-bond donors (Lipinski definition) is 0. The maximum Gasteiger partial charge on any atom is 0.168 e. The molecule has 0 spiro atoms. The quantitative estimate of drug-likeness (QED) is 0.335. The van der Waals surface area contributed by atoms with E-state index in [0.717, 1.165) is 52.1 Å². The largest absolute Gasteiger partial charge is 0.487 e. The monoisotopic (exact) mass is 435 g/mol. The van der Waals surface area contributed by atoms with Crippen LogP contribution in [-0.2, 0) is 13.0 Å². The SMILES string of the molecule is CCc1nccn1-c1ccc(-c2nnc(C)n2-c2ccccc2OCc2ccccc2)cc1. The van der Waals surface area contributed by atoms with Gasteiger partial charge in [-0.15, -0.1) is 10.2 Å². The molecule has 0 aliphatic heterocycles. The summed E-state index contributed by atoms with van der Waals surface area (Å²) in [5.41, 5.74) is 4.09. The highest BCUT2D eigenvalue weighted by Crippen LogP contribution is 2.30. The lowest BCUT2D eigenvalue weighted by molar-refractivity contribution is 0.305. The Morgan fingerprint density at radius 3 is 2.39 bits per heavy atom. The van der Waals surface area contributed by atoms with Crippen LogP contribution in [0.5, 0.6) is 5.75 Å². The highest BCUT2D eigenvalue weighted by molar-refractivity contribution is 5.62. The van der Waals surface area contributed by atoms with Crippen LogP contribution >= 0.6 is 0 Å². The Morgan fingerprint density at radius 1 is 0.848 bits per heavy atom. The number of ether oxygens (including phenoxy) is 1. The molecule has 0 atom stereocenters. The molecule has 0 amide bonds. The van der Waals surface area contributed by atoms with E-state index in [2.05, 4.69) is 63.1 Å². The molecule has 0 fully saturated rings. The second-order valence-electron chi connectivity index (χ2n) is 7.76. The molecule has 6 nitrogen and oxygen atoms in total. The van der Waals surface area contributed by atoms with Gasteiger partial charge in [-0.25, -0.2) is 4.98 Å². The molecule has 6 heteroatoms. The molecule has 0 aliphatic carbocycles. The van der Waals surface area contributed by atoms with Gasteiger partial charge in [0, 0.05) is 30.1 Å². The Bertz CT molecular complexity index is 1350. The van der Waals surface area contributed by atoms with Crippen molar-refractivity contribution in [3.8, 4) is 28.5 Å². The lowest BCUT2D eigenvalue weighted by Crippen LogP contribution is -2.05. The Morgan fingerprint density at radius 2 is 1.61 bits per heavy atom. The standard InChI is InChI=1S/C27H25N5O/c1-3-26-28-17-18-31(26)23-15-13-22(14-16-23)27-30-29-20(2)32(27)24-11-7-8-12-25(24)33-19-21-9-5-4-6-10-21/h4-18H,3,19H2,1-2H3. The van der Waals surface area contributed by atoms with E-state index in [1.807, 2.05) is 66.3 Å². The highest BCUT2D eigenvalue weighted by atomic mass is 16.5. The predicted molar refractivity (Wildman–Crippen MR) is 129 cm³/mol. The molecule has 5 rings (SSSR count). The summed E-state index contributed by atoms with van der Waals surface area (Å²) >= 11 is 0. The third-order valence-corrected chi connectivity index (χ3v) is 5.61.